The van der Waals surface area contributed by atoms with E-state index in [1.54, 1.807) is 19.1 Å². The van der Waals surface area contributed by atoms with Gasteiger partial charge in [-0.05, 0) is 42.1 Å². The molecule has 0 saturated heterocycles. The number of hydrogen-bond acceptors (Lipinski definition) is 6. The van der Waals surface area contributed by atoms with Crippen LogP contribution in [0.15, 0.2) is 41.8 Å². The van der Waals surface area contributed by atoms with E-state index in [0.717, 1.165) is 16.2 Å². The number of anilines is 1. The van der Waals surface area contributed by atoms with Crippen molar-refractivity contribution >= 4 is 46.4 Å². The molecule has 2 amide bonds. The molecule has 2 aromatic carbocycles. The number of halogens is 2. The number of carbonyl (C=O) groups excluding carboxylic acids is 2. The minimum atomic E-state index is -1.25. The number of ether oxygens (including phenoxy) is 2. The molecule has 1 unspecified atom stereocenters. The molecule has 33 heavy (non-hydrogen) atoms. The van der Waals surface area contributed by atoms with Crippen molar-refractivity contribution in [1.29, 1.82) is 0 Å². The molecule has 1 N–H and O–H groups in total. The summed E-state index contributed by atoms with van der Waals surface area (Å²) in [7, 11) is 1.44. The monoisotopic (exact) mass is 489 g/mol. The van der Waals surface area contributed by atoms with E-state index in [2.05, 4.69) is 0 Å². The van der Waals surface area contributed by atoms with Crippen LogP contribution < -0.4 is 14.4 Å². The van der Waals surface area contributed by atoms with Crippen LogP contribution in [0.25, 0.3) is 0 Å². The number of nitrogens with zero attached hydrogens (tertiary/aromatic N) is 1. The van der Waals surface area contributed by atoms with Crippen molar-refractivity contribution in [2.75, 3.05) is 12.0 Å². The summed E-state index contributed by atoms with van der Waals surface area (Å²) in [5.74, 6) is -2.46. The number of thiophene rings is 1. The zero-order valence-electron chi connectivity index (χ0n) is 17.4. The Balaban J connectivity index is 1.66. The van der Waals surface area contributed by atoms with Gasteiger partial charge in [0, 0.05) is 17.7 Å². The number of aromatic carboxylic acids is 1. The third-order valence-electron chi connectivity index (χ3n) is 5.19. The van der Waals surface area contributed by atoms with Crippen LogP contribution in [-0.4, -0.2) is 30.0 Å². The summed E-state index contributed by atoms with van der Waals surface area (Å²) in [5.41, 5.74) is 0.685. The Kier molecular flexibility index (Phi) is 6.09. The zero-order chi connectivity index (χ0) is 23.9. The molecule has 0 saturated carbocycles. The number of carboxylic acid groups (broad SMARTS) is 1. The van der Waals surface area contributed by atoms with Crippen molar-refractivity contribution in [3.05, 3.63) is 74.2 Å². The molecule has 7 nitrogen and oxygen atoms in total. The third-order valence-corrected chi connectivity index (χ3v) is 6.52. The molecule has 1 aromatic heterocycles. The standard InChI is InChI=1S/C23H17ClFNO6S/c1-11(15-5-3-13(31-2)8-17(15)25)32-14-4-6-16(24)18(9-14)26-19(27)7-12-10-33-21(23(29)30)20(12)22(26)28/h3-6,8-11H,7H2,1-2H3,(H,29,30). The minimum absolute atomic E-state index is 0.0249. The second-order valence-corrected chi connectivity index (χ2v) is 8.53. The van der Waals surface area contributed by atoms with Crippen molar-refractivity contribution in [1.82, 2.24) is 0 Å². The fraction of sp³-hybridized carbons (Fsp3) is 0.174. The van der Waals surface area contributed by atoms with E-state index >= 15 is 0 Å². The van der Waals surface area contributed by atoms with E-state index in [9.17, 15) is 23.9 Å². The highest BCUT2D eigenvalue weighted by atomic mass is 35.5. The highest BCUT2D eigenvalue weighted by Crippen LogP contribution is 2.37. The number of benzene rings is 2. The first-order chi connectivity index (χ1) is 15.7. The molecule has 1 aliphatic heterocycles. The summed E-state index contributed by atoms with van der Waals surface area (Å²) in [6, 6.07) is 8.76. The van der Waals surface area contributed by atoms with Crippen molar-refractivity contribution in [2.24, 2.45) is 0 Å². The summed E-state index contributed by atoms with van der Waals surface area (Å²) in [5, 5.41) is 11.0. The number of methoxy groups -OCH3 is 1. The minimum Gasteiger partial charge on any atom is -0.497 e. The zero-order valence-corrected chi connectivity index (χ0v) is 19.0. The molecule has 2 heterocycles. The number of carbonyl (C=O) groups is 3. The summed E-state index contributed by atoms with van der Waals surface area (Å²) in [4.78, 5) is 38.1. The molecule has 4 rings (SSSR count). The molecular formula is C23H17ClFNO6S. The highest BCUT2D eigenvalue weighted by molar-refractivity contribution is 7.12. The van der Waals surface area contributed by atoms with E-state index < -0.39 is 29.7 Å². The second kappa shape index (κ2) is 8.84. The Morgan fingerprint density at radius 1 is 1.21 bits per heavy atom. The lowest BCUT2D eigenvalue weighted by molar-refractivity contribution is -0.117. The van der Waals surface area contributed by atoms with Crippen LogP contribution in [0, 0.1) is 5.82 Å². The molecule has 0 bridgehead atoms. The Morgan fingerprint density at radius 2 is 1.94 bits per heavy atom. The Hall–Kier alpha value is -3.43. The van der Waals surface area contributed by atoms with E-state index in [1.165, 1.54) is 36.8 Å². The summed E-state index contributed by atoms with van der Waals surface area (Å²) >= 11 is 7.18. The smallest absolute Gasteiger partial charge is 0.346 e. The molecule has 10 heteroatoms. The van der Waals surface area contributed by atoms with Crippen LogP contribution in [-0.2, 0) is 11.2 Å². The van der Waals surface area contributed by atoms with Gasteiger partial charge in [-0.2, -0.15) is 0 Å². The first-order valence-corrected chi connectivity index (χ1v) is 11.0. The molecule has 1 atom stereocenters. The predicted octanol–water partition coefficient (Wildman–Crippen LogP) is 5.12. The van der Waals surface area contributed by atoms with Crippen LogP contribution >= 0.6 is 22.9 Å². The van der Waals surface area contributed by atoms with Gasteiger partial charge in [-0.3, -0.25) is 9.59 Å². The van der Waals surface area contributed by atoms with E-state index in [1.807, 2.05) is 0 Å². The number of hydrogen-bond donors (Lipinski definition) is 1. The van der Waals surface area contributed by atoms with Crippen molar-refractivity contribution in [2.45, 2.75) is 19.4 Å². The van der Waals surface area contributed by atoms with Gasteiger partial charge in [-0.15, -0.1) is 11.3 Å². The first kappa shape index (κ1) is 22.8. The molecule has 0 fully saturated rings. The SMILES string of the molecule is COc1ccc(C(C)Oc2ccc(Cl)c(N3C(=O)Cc4csc(C(=O)O)c4C3=O)c2)c(F)c1. The Bertz CT molecular complexity index is 1290. The number of fused-ring (bicyclic) bond motifs is 1. The quantitative estimate of drug-likeness (QED) is 0.483. The van der Waals surface area contributed by atoms with Gasteiger partial charge in [0.2, 0.25) is 5.91 Å². The van der Waals surface area contributed by atoms with E-state index in [-0.39, 0.29) is 38.9 Å². The van der Waals surface area contributed by atoms with Crippen LogP contribution in [0.3, 0.4) is 0 Å². The number of imide groups is 1. The van der Waals surface area contributed by atoms with E-state index in [0.29, 0.717) is 11.3 Å². The van der Waals surface area contributed by atoms with Gasteiger partial charge < -0.3 is 14.6 Å². The molecule has 0 aliphatic carbocycles. The van der Waals surface area contributed by atoms with Crippen LogP contribution in [0.4, 0.5) is 10.1 Å². The third kappa shape index (κ3) is 4.17. The number of carboxylic acids is 1. The average molecular weight is 490 g/mol. The predicted molar refractivity (Wildman–Crippen MR) is 120 cm³/mol. The van der Waals surface area contributed by atoms with E-state index in [4.69, 9.17) is 21.1 Å². The highest BCUT2D eigenvalue weighted by Gasteiger charge is 2.37. The van der Waals surface area contributed by atoms with Gasteiger partial charge >= 0.3 is 5.97 Å². The maximum atomic E-state index is 14.4. The average Bonchev–Trinajstić information content (AvgIpc) is 3.20. The number of rotatable bonds is 6. The lowest BCUT2D eigenvalue weighted by Gasteiger charge is -2.27. The van der Waals surface area contributed by atoms with Gasteiger partial charge in [0.15, 0.2) is 0 Å². The van der Waals surface area contributed by atoms with Gasteiger partial charge in [0.25, 0.3) is 5.91 Å². The summed E-state index contributed by atoms with van der Waals surface area (Å²) in [6.07, 6.45) is -0.848. The van der Waals surface area contributed by atoms with Crippen LogP contribution in [0.1, 0.15) is 44.2 Å². The number of amides is 2. The maximum Gasteiger partial charge on any atom is 0.346 e. The Morgan fingerprint density at radius 3 is 2.61 bits per heavy atom. The van der Waals surface area contributed by atoms with Crippen LogP contribution in [0.5, 0.6) is 11.5 Å². The second-order valence-electron chi connectivity index (χ2n) is 7.24. The van der Waals surface area contributed by atoms with Gasteiger partial charge in [-0.1, -0.05) is 11.6 Å². The molecule has 1 aliphatic rings. The molecule has 170 valence electrons. The normalized spacial score (nSPS) is 14.1. The topological polar surface area (TPSA) is 93.1 Å². The lowest BCUT2D eigenvalue weighted by atomic mass is 10.0. The maximum absolute atomic E-state index is 14.4. The van der Waals surface area contributed by atoms with Crippen molar-refractivity contribution in [3.63, 3.8) is 0 Å². The first-order valence-electron chi connectivity index (χ1n) is 9.71. The fourth-order valence-electron chi connectivity index (χ4n) is 3.60. The summed E-state index contributed by atoms with van der Waals surface area (Å²) in [6.45, 7) is 1.65. The molecule has 3 aromatic rings. The fourth-order valence-corrected chi connectivity index (χ4v) is 4.70. The van der Waals surface area contributed by atoms with Crippen LogP contribution in [0.2, 0.25) is 5.02 Å². The molecule has 0 radical (unpaired) electrons. The summed E-state index contributed by atoms with van der Waals surface area (Å²) < 4.78 is 25.3. The largest absolute Gasteiger partial charge is 0.497 e. The molecular weight excluding hydrogens is 473 g/mol. The lowest BCUT2D eigenvalue weighted by Crippen LogP contribution is -2.42. The van der Waals surface area contributed by atoms with Crippen molar-refractivity contribution < 1.29 is 33.4 Å². The van der Waals surface area contributed by atoms with Gasteiger partial charge in [0.05, 0.1) is 29.8 Å². The van der Waals surface area contributed by atoms with Crippen molar-refractivity contribution in [3.8, 4) is 11.5 Å². The molecule has 0 spiro atoms. The van der Waals surface area contributed by atoms with Gasteiger partial charge in [-0.25, -0.2) is 14.1 Å². The Labute approximate surface area is 196 Å². The van der Waals surface area contributed by atoms with Gasteiger partial charge in [0.1, 0.15) is 28.3 Å².